The van der Waals surface area contributed by atoms with Crippen LogP contribution in [0.3, 0.4) is 0 Å². The molecule has 0 atom stereocenters. The Bertz CT molecular complexity index is 671. The molecule has 106 valence electrons. The van der Waals surface area contributed by atoms with Gasteiger partial charge in [-0.1, -0.05) is 24.4 Å². The number of nitrogens with two attached hydrogens (primary N) is 1. The molecule has 0 radical (unpaired) electrons. The average molecular weight is 300 g/mol. The molecule has 0 spiro atoms. The summed E-state index contributed by atoms with van der Waals surface area (Å²) in [7, 11) is 0. The Morgan fingerprint density at radius 3 is 2.05 bits per heavy atom. The van der Waals surface area contributed by atoms with Crippen LogP contribution in [-0.4, -0.2) is 21.8 Å². The molecule has 0 unspecified atom stereocenters. The first-order valence-electron chi connectivity index (χ1n) is 5.98. The number of thiocarbonyl (C=S) groups is 1. The number of pyridine rings is 1. The summed E-state index contributed by atoms with van der Waals surface area (Å²) in [6.45, 7) is 0. The molecular weight excluding hydrogens is 288 g/mol. The van der Waals surface area contributed by atoms with Crippen LogP contribution in [0.25, 0.3) is 0 Å². The molecule has 1 heterocycles. The predicted molar refractivity (Wildman–Crippen MR) is 81.5 cm³/mol. The van der Waals surface area contributed by atoms with Gasteiger partial charge in [0.15, 0.2) is 0 Å². The minimum absolute atomic E-state index is 0.256. The van der Waals surface area contributed by atoms with Crippen LogP contribution in [0.1, 0.15) is 26.3 Å². The molecule has 2 amide bonds. The van der Waals surface area contributed by atoms with E-state index in [2.05, 4.69) is 15.8 Å². The number of carbonyl (C=O) groups is 2. The molecule has 0 saturated carbocycles. The van der Waals surface area contributed by atoms with Crippen molar-refractivity contribution in [1.29, 1.82) is 0 Å². The number of hydrogen-bond acceptors (Lipinski definition) is 4. The lowest BCUT2D eigenvalue weighted by atomic mass is 10.1. The third-order valence-corrected chi connectivity index (χ3v) is 2.88. The smallest absolute Gasteiger partial charge is 0.271 e. The monoisotopic (exact) mass is 300 g/mol. The van der Waals surface area contributed by atoms with Gasteiger partial charge in [0.25, 0.3) is 11.8 Å². The molecule has 0 bridgehead atoms. The minimum atomic E-state index is -0.448. The largest absolute Gasteiger partial charge is 0.389 e. The zero-order chi connectivity index (χ0) is 15.2. The number of hydrogen-bond donors (Lipinski definition) is 3. The van der Waals surface area contributed by atoms with E-state index in [4.69, 9.17) is 18.0 Å². The number of benzene rings is 1. The highest BCUT2D eigenvalue weighted by Crippen LogP contribution is 2.04. The van der Waals surface area contributed by atoms with Crippen molar-refractivity contribution in [2.24, 2.45) is 5.73 Å². The summed E-state index contributed by atoms with van der Waals surface area (Å²) in [5, 5.41) is 0. The Labute approximate surface area is 126 Å². The van der Waals surface area contributed by atoms with Crippen molar-refractivity contribution in [1.82, 2.24) is 15.8 Å². The number of aromatic nitrogens is 1. The van der Waals surface area contributed by atoms with Gasteiger partial charge in [0.2, 0.25) is 0 Å². The van der Waals surface area contributed by atoms with Gasteiger partial charge in [0.1, 0.15) is 4.99 Å². The lowest BCUT2D eigenvalue weighted by Crippen LogP contribution is -2.41. The fourth-order valence-corrected chi connectivity index (χ4v) is 1.68. The summed E-state index contributed by atoms with van der Waals surface area (Å²) in [6, 6.07) is 9.64. The zero-order valence-corrected chi connectivity index (χ0v) is 11.7. The van der Waals surface area contributed by atoms with E-state index in [0.717, 1.165) is 0 Å². The summed E-state index contributed by atoms with van der Waals surface area (Å²) < 4.78 is 0. The van der Waals surface area contributed by atoms with Gasteiger partial charge in [0, 0.05) is 23.5 Å². The Kier molecular flexibility index (Phi) is 4.57. The maximum absolute atomic E-state index is 11.9. The molecule has 2 aromatic rings. The van der Waals surface area contributed by atoms with Gasteiger partial charge < -0.3 is 5.73 Å². The third-order valence-electron chi connectivity index (χ3n) is 2.64. The van der Waals surface area contributed by atoms with E-state index in [-0.39, 0.29) is 4.99 Å². The first-order chi connectivity index (χ1) is 10.1. The lowest BCUT2D eigenvalue weighted by Gasteiger charge is -2.07. The fraction of sp³-hybridized carbons (Fsp3) is 0. The van der Waals surface area contributed by atoms with Crippen LogP contribution in [-0.2, 0) is 0 Å². The molecule has 0 aliphatic carbocycles. The van der Waals surface area contributed by atoms with Crippen LogP contribution in [0, 0.1) is 0 Å². The molecule has 7 heteroatoms. The van der Waals surface area contributed by atoms with Gasteiger partial charge in [-0.15, -0.1) is 0 Å². The van der Waals surface area contributed by atoms with Crippen molar-refractivity contribution >= 4 is 29.0 Å². The quantitative estimate of drug-likeness (QED) is 0.575. The van der Waals surface area contributed by atoms with E-state index in [0.29, 0.717) is 16.7 Å². The number of amides is 2. The molecule has 0 saturated heterocycles. The van der Waals surface area contributed by atoms with Crippen LogP contribution in [0.2, 0.25) is 0 Å². The fourth-order valence-electron chi connectivity index (χ4n) is 1.54. The number of rotatable bonds is 3. The molecule has 0 aliphatic rings. The van der Waals surface area contributed by atoms with Gasteiger partial charge in [0.05, 0.1) is 5.56 Å². The second-order valence-corrected chi connectivity index (χ2v) is 4.53. The summed E-state index contributed by atoms with van der Waals surface area (Å²) in [5.41, 5.74) is 11.5. The van der Waals surface area contributed by atoms with Crippen molar-refractivity contribution in [3.05, 3.63) is 65.5 Å². The van der Waals surface area contributed by atoms with E-state index in [1.807, 2.05) is 0 Å². The molecule has 1 aromatic heterocycles. The number of hydrazine groups is 1. The Morgan fingerprint density at radius 2 is 1.52 bits per heavy atom. The summed E-state index contributed by atoms with van der Waals surface area (Å²) in [5.74, 6) is -0.891. The number of carbonyl (C=O) groups excluding carboxylic acids is 2. The average Bonchev–Trinajstić information content (AvgIpc) is 2.53. The van der Waals surface area contributed by atoms with Crippen LogP contribution in [0.4, 0.5) is 0 Å². The van der Waals surface area contributed by atoms with Crippen molar-refractivity contribution in [3.63, 3.8) is 0 Å². The van der Waals surface area contributed by atoms with Gasteiger partial charge in [-0.2, -0.15) is 0 Å². The lowest BCUT2D eigenvalue weighted by molar-refractivity contribution is 0.0846. The molecule has 0 aliphatic heterocycles. The molecule has 0 fully saturated rings. The Hall–Kier alpha value is -2.80. The maximum Gasteiger partial charge on any atom is 0.271 e. The molecule has 2 rings (SSSR count). The van der Waals surface area contributed by atoms with Crippen LogP contribution in [0.15, 0.2) is 48.8 Å². The highest BCUT2D eigenvalue weighted by Gasteiger charge is 2.09. The molecule has 21 heavy (non-hydrogen) atoms. The Balaban J connectivity index is 1.96. The maximum atomic E-state index is 11.9. The Morgan fingerprint density at radius 1 is 0.952 bits per heavy atom. The highest BCUT2D eigenvalue weighted by molar-refractivity contribution is 7.80. The van der Waals surface area contributed by atoms with Crippen LogP contribution < -0.4 is 16.6 Å². The van der Waals surface area contributed by atoms with E-state index in [1.54, 1.807) is 42.6 Å². The highest BCUT2D eigenvalue weighted by atomic mass is 32.1. The van der Waals surface area contributed by atoms with E-state index < -0.39 is 11.8 Å². The third kappa shape index (κ3) is 3.83. The van der Waals surface area contributed by atoms with E-state index in [1.165, 1.54) is 6.20 Å². The molecular formula is C14H12N4O2S. The normalized spacial score (nSPS) is 9.71. The standard InChI is InChI=1S/C14H12N4O2S/c15-12(21)9-3-5-10(6-4-9)13(19)17-18-14(20)11-2-1-7-16-8-11/h1-8H,(H2,15,21)(H,17,19)(H,18,20). The second-order valence-electron chi connectivity index (χ2n) is 4.09. The summed E-state index contributed by atoms with van der Waals surface area (Å²) in [4.78, 5) is 27.7. The van der Waals surface area contributed by atoms with Crippen molar-refractivity contribution in [2.45, 2.75) is 0 Å². The molecule has 1 aromatic carbocycles. The van der Waals surface area contributed by atoms with Gasteiger partial charge in [-0.3, -0.25) is 25.4 Å². The van der Waals surface area contributed by atoms with Crippen molar-refractivity contribution in [3.8, 4) is 0 Å². The van der Waals surface area contributed by atoms with Crippen LogP contribution in [0.5, 0.6) is 0 Å². The van der Waals surface area contributed by atoms with Crippen LogP contribution >= 0.6 is 12.2 Å². The molecule has 6 nitrogen and oxygen atoms in total. The molecule has 4 N–H and O–H groups in total. The number of nitrogens with zero attached hydrogens (tertiary/aromatic N) is 1. The van der Waals surface area contributed by atoms with E-state index in [9.17, 15) is 9.59 Å². The zero-order valence-electron chi connectivity index (χ0n) is 10.9. The number of nitrogens with one attached hydrogen (secondary N) is 2. The predicted octanol–water partition coefficient (Wildman–Crippen LogP) is 0.791. The van der Waals surface area contributed by atoms with Gasteiger partial charge in [-0.25, -0.2) is 0 Å². The first-order valence-corrected chi connectivity index (χ1v) is 6.39. The van der Waals surface area contributed by atoms with Gasteiger partial charge >= 0.3 is 0 Å². The summed E-state index contributed by atoms with van der Waals surface area (Å²) in [6.07, 6.45) is 2.96. The second kappa shape index (κ2) is 6.58. The summed E-state index contributed by atoms with van der Waals surface area (Å²) >= 11 is 4.82. The topological polar surface area (TPSA) is 97.1 Å². The minimum Gasteiger partial charge on any atom is -0.389 e. The van der Waals surface area contributed by atoms with E-state index >= 15 is 0 Å². The van der Waals surface area contributed by atoms with Gasteiger partial charge in [-0.05, 0) is 24.3 Å². The van der Waals surface area contributed by atoms with Crippen molar-refractivity contribution in [2.75, 3.05) is 0 Å². The SMILES string of the molecule is NC(=S)c1ccc(C(=O)NNC(=O)c2cccnc2)cc1. The van der Waals surface area contributed by atoms with Crippen molar-refractivity contribution < 1.29 is 9.59 Å². The first kappa shape index (κ1) is 14.6.